The predicted molar refractivity (Wildman–Crippen MR) is 94.0 cm³/mol. The number of hydrazine groups is 1. The summed E-state index contributed by atoms with van der Waals surface area (Å²) in [6, 6.07) is 15.8. The molecule has 0 aliphatic heterocycles. The number of amides is 1. The Hall–Kier alpha value is -3.00. The van der Waals surface area contributed by atoms with E-state index in [1.165, 1.54) is 6.07 Å². The Morgan fingerprint density at radius 3 is 2.42 bits per heavy atom. The number of nitro groups is 1. The lowest BCUT2D eigenvalue weighted by atomic mass is 10.1. The molecule has 0 saturated carbocycles. The standard InChI is InChI=1S/C16H16N4O3S/c21-15(10-13-8-4-5-9-14(13)20(22)23)18-19-16(24)17-11-12-6-2-1-3-7-12/h1-9H,10-11H2,(H,18,21)(H2,17,19,24). The Labute approximate surface area is 144 Å². The van der Waals surface area contributed by atoms with Crippen LogP contribution >= 0.6 is 12.2 Å². The molecule has 0 spiro atoms. The van der Waals surface area contributed by atoms with Gasteiger partial charge in [0.2, 0.25) is 5.91 Å². The molecule has 2 aromatic carbocycles. The SMILES string of the molecule is O=C(Cc1ccccc1[N+](=O)[O-])NNC(=S)NCc1ccccc1. The lowest BCUT2D eigenvalue weighted by Crippen LogP contribution is -2.47. The highest BCUT2D eigenvalue weighted by Crippen LogP contribution is 2.17. The molecule has 3 N–H and O–H groups in total. The van der Waals surface area contributed by atoms with E-state index in [0.717, 1.165) is 5.56 Å². The molecular weight excluding hydrogens is 328 g/mol. The molecule has 124 valence electrons. The van der Waals surface area contributed by atoms with Crippen LogP contribution in [0, 0.1) is 10.1 Å². The van der Waals surface area contributed by atoms with E-state index in [1.807, 2.05) is 30.3 Å². The molecule has 0 aliphatic rings. The van der Waals surface area contributed by atoms with Gasteiger partial charge in [-0.05, 0) is 17.8 Å². The van der Waals surface area contributed by atoms with Crippen molar-refractivity contribution in [3.05, 3.63) is 75.8 Å². The van der Waals surface area contributed by atoms with Gasteiger partial charge in [-0.15, -0.1) is 0 Å². The molecule has 2 aromatic rings. The number of rotatable bonds is 5. The van der Waals surface area contributed by atoms with Gasteiger partial charge in [0.25, 0.3) is 5.69 Å². The van der Waals surface area contributed by atoms with Crippen molar-refractivity contribution < 1.29 is 9.72 Å². The quantitative estimate of drug-likeness (QED) is 0.435. The molecule has 0 atom stereocenters. The van der Waals surface area contributed by atoms with E-state index in [-0.39, 0.29) is 17.2 Å². The van der Waals surface area contributed by atoms with Gasteiger partial charge in [-0.3, -0.25) is 25.8 Å². The number of nitrogens with one attached hydrogen (secondary N) is 3. The van der Waals surface area contributed by atoms with Gasteiger partial charge in [0.1, 0.15) is 0 Å². The molecule has 8 heteroatoms. The Kier molecular flexibility index (Phi) is 6.21. The number of carbonyl (C=O) groups is 1. The van der Waals surface area contributed by atoms with Crippen molar-refractivity contribution in [3.63, 3.8) is 0 Å². The number of hydrogen-bond donors (Lipinski definition) is 3. The largest absolute Gasteiger partial charge is 0.357 e. The fourth-order valence-electron chi connectivity index (χ4n) is 2.00. The normalized spacial score (nSPS) is 9.83. The summed E-state index contributed by atoms with van der Waals surface area (Å²) in [5.41, 5.74) is 6.29. The highest BCUT2D eigenvalue weighted by Gasteiger charge is 2.15. The molecular formula is C16H16N4O3S. The number of para-hydroxylation sites is 1. The molecule has 2 rings (SSSR count). The first-order valence-electron chi connectivity index (χ1n) is 7.15. The van der Waals surface area contributed by atoms with Crippen molar-refractivity contribution in [1.82, 2.24) is 16.2 Å². The summed E-state index contributed by atoms with van der Waals surface area (Å²) in [5.74, 6) is -0.423. The van der Waals surface area contributed by atoms with Crippen LogP contribution in [0.4, 0.5) is 5.69 Å². The van der Waals surface area contributed by atoms with E-state index in [1.54, 1.807) is 18.2 Å². The zero-order valence-corrected chi connectivity index (χ0v) is 13.5. The number of hydrogen-bond acceptors (Lipinski definition) is 4. The third-order valence-corrected chi connectivity index (χ3v) is 3.40. The van der Waals surface area contributed by atoms with Crippen molar-refractivity contribution in [2.75, 3.05) is 0 Å². The maximum absolute atomic E-state index is 11.9. The first kappa shape index (κ1) is 17.4. The smallest absolute Gasteiger partial charge is 0.273 e. The Morgan fingerprint density at radius 1 is 1.04 bits per heavy atom. The fraction of sp³-hybridized carbons (Fsp3) is 0.125. The molecule has 0 bridgehead atoms. The molecule has 1 amide bonds. The van der Waals surface area contributed by atoms with Crippen LogP contribution < -0.4 is 16.2 Å². The number of carbonyl (C=O) groups excluding carboxylic acids is 1. The van der Waals surface area contributed by atoms with Gasteiger partial charge in [-0.2, -0.15) is 0 Å². The minimum absolute atomic E-state index is 0.0857. The second-order valence-corrected chi connectivity index (χ2v) is 5.31. The van der Waals surface area contributed by atoms with Crippen LogP contribution in [0.2, 0.25) is 0 Å². The third kappa shape index (κ3) is 5.33. The Morgan fingerprint density at radius 2 is 1.71 bits per heavy atom. The minimum atomic E-state index is -0.512. The van der Waals surface area contributed by atoms with Crippen LogP contribution in [-0.2, 0) is 17.8 Å². The van der Waals surface area contributed by atoms with Gasteiger partial charge in [0.05, 0.1) is 11.3 Å². The molecule has 0 heterocycles. The van der Waals surface area contributed by atoms with Gasteiger partial charge in [0, 0.05) is 18.2 Å². The van der Waals surface area contributed by atoms with Crippen molar-refractivity contribution in [2.24, 2.45) is 0 Å². The molecule has 0 radical (unpaired) electrons. The van der Waals surface area contributed by atoms with Crippen molar-refractivity contribution >= 4 is 28.9 Å². The van der Waals surface area contributed by atoms with Crippen LogP contribution in [0.15, 0.2) is 54.6 Å². The first-order chi connectivity index (χ1) is 11.6. The fourth-order valence-corrected chi connectivity index (χ4v) is 2.13. The second kappa shape index (κ2) is 8.59. The number of benzene rings is 2. The summed E-state index contributed by atoms with van der Waals surface area (Å²) in [5, 5.41) is 14.1. The molecule has 0 fully saturated rings. The Balaban J connectivity index is 1.79. The lowest BCUT2D eigenvalue weighted by molar-refractivity contribution is -0.385. The summed E-state index contributed by atoms with van der Waals surface area (Å²) in [6.45, 7) is 0.521. The van der Waals surface area contributed by atoms with Gasteiger partial charge in [0.15, 0.2) is 5.11 Å². The van der Waals surface area contributed by atoms with E-state index in [0.29, 0.717) is 12.1 Å². The molecule has 0 aliphatic carbocycles. The summed E-state index contributed by atoms with van der Waals surface area (Å²) in [6.07, 6.45) is -0.120. The zero-order chi connectivity index (χ0) is 17.4. The summed E-state index contributed by atoms with van der Waals surface area (Å²) >= 11 is 5.06. The third-order valence-electron chi connectivity index (χ3n) is 3.15. The van der Waals surface area contributed by atoms with Gasteiger partial charge >= 0.3 is 0 Å². The molecule has 0 aromatic heterocycles. The Bertz CT molecular complexity index is 737. The van der Waals surface area contributed by atoms with Crippen molar-refractivity contribution in [1.29, 1.82) is 0 Å². The minimum Gasteiger partial charge on any atom is -0.357 e. The van der Waals surface area contributed by atoms with Gasteiger partial charge in [-0.1, -0.05) is 48.5 Å². The predicted octanol–water partition coefficient (Wildman–Crippen LogP) is 1.83. The van der Waals surface area contributed by atoms with E-state index in [2.05, 4.69) is 16.2 Å². The van der Waals surface area contributed by atoms with Crippen molar-refractivity contribution in [3.8, 4) is 0 Å². The lowest BCUT2D eigenvalue weighted by Gasteiger charge is -2.11. The molecule has 24 heavy (non-hydrogen) atoms. The molecule has 0 saturated heterocycles. The monoisotopic (exact) mass is 344 g/mol. The maximum atomic E-state index is 11.9. The number of thiocarbonyl (C=S) groups is 1. The van der Waals surface area contributed by atoms with E-state index in [4.69, 9.17) is 12.2 Å². The van der Waals surface area contributed by atoms with E-state index in [9.17, 15) is 14.9 Å². The molecule has 7 nitrogen and oxygen atoms in total. The zero-order valence-electron chi connectivity index (χ0n) is 12.7. The van der Waals surface area contributed by atoms with Crippen LogP contribution in [0.3, 0.4) is 0 Å². The summed E-state index contributed by atoms with van der Waals surface area (Å²) in [7, 11) is 0. The highest BCUT2D eigenvalue weighted by atomic mass is 32.1. The van der Waals surface area contributed by atoms with Crippen molar-refractivity contribution in [2.45, 2.75) is 13.0 Å². The summed E-state index contributed by atoms with van der Waals surface area (Å²) < 4.78 is 0. The molecule has 0 unspecified atom stereocenters. The van der Waals surface area contributed by atoms with Crippen LogP contribution in [0.1, 0.15) is 11.1 Å². The maximum Gasteiger partial charge on any atom is 0.273 e. The van der Waals surface area contributed by atoms with E-state index < -0.39 is 10.8 Å². The second-order valence-electron chi connectivity index (χ2n) is 4.90. The van der Waals surface area contributed by atoms with Crippen LogP contribution in [-0.4, -0.2) is 15.9 Å². The average molecular weight is 344 g/mol. The topological polar surface area (TPSA) is 96.3 Å². The number of nitrogens with zero attached hydrogens (tertiary/aromatic N) is 1. The number of nitro benzene ring substituents is 1. The van der Waals surface area contributed by atoms with Crippen LogP contribution in [0.25, 0.3) is 0 Å². The van der Waals surface area contributed by atoms with Gasteiger partial charge < -0.3 is 5.32 Å². The first-order valence-corrected chi connectivity index (χ1v) is 7.56. The van der Waals surface area contributed by atoms with E-state index >= 15 is 0 Å². The summed E-state index contributed by atoms with van der Waals surface area (Å²) in [4.78, 5) is 22.3. The average Bonchev–Trinajstić information content (AvgIpc) is 2.59. The van der Waals surface area contributed by atoms with Crippen LogP contribution in [0.5, 0.6) is 0 Å². The highest BCUT2D eigenvalue weighted by molar-refractivity contribution is 7.80. The van der Waals surface area contributed by atoms with Gasteiger partial charge in [-0.25, -0.2) is 0 Å².